The van der Waals surface area contributed by atoms with E-state index in [1.165, 1.54) is 16.7 Å². The van der Waals surface area contributed by atoms with E-state index in [0.29, 0.717) is 24.6 Å². The predicted molar refractivity (Wildman–Crippen MR) is 139 cm³/mol. The van der Waals surface area contributed by atoms with Crippen molar-refractivity contribution in [3.8, 4) is 5.88 Å². The normalized spacial score (nSPS) is 20.7. The fourth-order valence-electron chi connectivity index (χ4n) is 5.33. The monoisotopic (exact) mass is 532 g/mol. The van der Waals surface area contributed by atoms with Gasteiger partial charge in [-0.1, -0.05) is 12.1 Å². The lowest BCUT2D eigenvalue weighted by Crippen LogP contribution is -2.29. The molecule has 0 atom stereocenters. The number of aromatic nitrogens is 2. The zero-order valence-corrected chi connectivity index (χ0v) is 21.8. The van der Waals surface area contributed by atoms with Gasteiger partial charge in [-0.05, 0) is 75.5 Å². The highest BCUT2D eigenvalue weighted by atomic mass is 19.4. The summed E-state index contributed by atoms with van der Waals surface area (Å²) in [4.78, 5) is 35.4. The minimum absolute atomic E-state index is 0.0278. The Kier molecular flexibility index (Phi) is 9.35. The maximum absolute atomic E-state index is 12.5. The average molecular weight is 533 g/mol. The van der Waals surface area contributed by atoms with E-state index in [1.54, 1.807) is 18.3 Å². The second-order valence-electron chi connectivity index (χ2n) is 10.1. The lowest BCUT2D eigenvalue weighted by atomic mass is 9.81. The van der Waals surface area contributed by atoms with E-state index in [0.717, 1.165) is 69.4 Å². The van der Waals surface area contributed by atoms with Crippen molar-refractivity contribution in [2.75, 3.05) is 26.2 Å². The molecule has 0 bridgehead atoms. The SMILES string of the molecule is CCn1c(C(=O)N=CC2CCC(CCN3CCc4ccc(OCC(F)(F)F)nc4CC3)CC2)cccc1=O. The van der Waals surface area contributed by atoms with Crippen LogP contribution in [0.25, 0.3) is 0 Å². The van der Waals surface area contributed by atoms with Gasteiger partial charge < -0.3 is 14.2 Å². The fourth-order valence-corrected chi connectivity index (χ4v) is 5.33. The third kappa shape index (κ3) is 7.75. The van der Waals surface area contributed by atoms with Crippen LogP contribution in [-0.4, -0.2) is 59.0 Å². The molecule has 0 aromatic carbocycles. The van der Waals surface area contributed by atoms with E-state index in [2.05, 4.69) is 14.9 Å². The molecule has 2 aromatic heterocycles. The van der Waals surface area contributed by atoms with E-state index in [1.807, 2.05) is 13.0 Å². The van der Waals surface area contributed by atoms with E-state index in [-0.39, 0.29) is 23.3 Å². The van der Waals surface area contributed by atoms with Gasteiger partial charge >= 0.3 is 6.18 Å². The second-order valence-corrected chi connectivity index (χ2v) is 10.1. The minimum atomic E-state index is -4.38. The quantitative estimate of drug-likeness (QED) is 0.460. The first-order chi connectivity index (χ1) is 18.2. The molecule has 7 nitrogen and oxygen atoms in total. The fraction of sp³-hybridized carbons (Fsp3) is 0.571. The van der Waals surface area contributed by atoms with Gasteiger partial charge in [-0.25, -0.2) is 9.98 Å². The Morgan fingerprint density at radius 2 is 1.89 bits per heavy atom. The van der Waals surface area contributed by atoms with Gasteiger partial charge in [0.25, 0.3) is 11.5 Å². The maximum atomic E-state index is 12.5. The molecule has 206 valence electrons. The summed E-state index contributed by atoms with van der Waals surface area (Å²) in [6.07, 6.45) is 4.17. The molecular weight excluding hydrogens is 497 g/mol. The molecule has 0 saturated heterocycles. The van der Waals surface area contributed by atoms with Crippen molar-refractivity contribution in [1.82, 2.24) is 14.5 Å². The third-order valence-electron chi connectivity index (χ3n) is 7.52. The smallest absolute Gasteiger partial charge is 0.422 e. The first-order valence-electron chi connectivity index (χ1n) is 13.4. The number of ether oxygens (including phenoxy) is 1. The predicted octanol–water partition coefficient (Wildman–Crippen LogP) is 4.71. The summed E-state index contributed by atoms with van der Waals surface area (Å²) in [7, 11) is 0. The van der Waals surface area contributed by atoms with Gasteiger partial charge in [0.2, 0.25) is 5.88 Å². The number of rotatable bonds is 8. The second kappa shape index (κ2) is 12.7. The molecule has 1 saturated carbocycles. The van der Waals surface area contributed by atoms with Gasteiger partial charge in [0, 0.05) is 50.1 Å². The van der Waals surface area contributed by atoms with Crippen LogP contribution in [0.2, 0.25) is 0 Å². The van der Waals surface area contributed by atoms with Crippen molar-refractivity contribution in [3.05, 3.63) is 57.6 Å². The highest BCUT2D eigenvalue weighted by Crippen LogP contribution is 2.30. The van der Waals surface area contributed by atoms with Gasteiger partial charge in [0.15, 0.2) is 6.61 Å². The van der Waals surface area contributed by atoms with Crippen LogP contribution < -0.4 is 10.3 Å². The lowest BCUT2D eigenvalue weighted by molar-refractivity contribution is -0.154. The van der Waals surface area contributed by atoms with Crippen LogP contribution in [0.3, 0.4) is 0 Å². The van der Waals surface area contributed by atoms with E-state index >= 15 is 0 Å². The van der Waals surface area contributed by atoms with Crippen LogP contribution >= 0.6 is 0 Å². The number of nitrogens with zero attached hydrogens (tertiary/aromatic N) is 4. The van der Waals surface area contributed by atoms with Crippen LogP contribution in [0, 0.1) is 11.8 Å². The van der Waals surface area contributed by atoms with E-state index < -0.39 is 12.8 Å². The number of alkyl halides is 3. The van der Waals surface area contributed by atoms with Gasteiger partial charge in [-0.15, -0.1) is 0 Å². The van der Waals surface area contributed by atoms with Crippen molar-refractivity contribution in [3.63, 3.8) is 0 Å². The first-order valence-corrected chi connectivity index (χ1v) is 13.4. The molecule has 2 aliphatic rings. The molecule has 1 amide bonds. The van der Waals surface area contributed by atoms with Crippen molar-refractivity contribution in [2.45, 2.75) is 64.6 Å². The Morgan fingerprint density at radius 1 is 1.13 bits per heavy atom. The summed E-state index contributed by atoms with van der Waals surface area (Å²) in [6.45, 7) is 3.65. The Hall–Kier alpha value is -3.01. The average Bonchev–Trinajstić information content (AvgIpc) is 3.11. The summed E-state index contributed by atoms with van der Waals surface area (Å²) >= 11 is 0. The van der Waals surface area contributed by atoms with Crippen LogP contribution in [-0.2, 0) is 19.4 Å². The molecule has 10 heteroatoms. The van der Waals surface area contributed by atoms with Gasteiger partial charge in [-0.2, -0.15) is 13.2 Å². The number of hydrogen-bond donors (Lipinski definition) is 0. The number of aliphatic imine (C=N–C) groups is 1. The Labute approximate surface area is 220 Å². The number of pyridine rings is 2. The molecule has 4 rings (SSSR count). The molecule has 1 aliphatic heterocycles. The van der Waals surface area contributed by atoms with Crippen LogP contribution in [0.5, 0.6) is 5.88 Å². The lowest BCUT2D eigenvalue weighted by Gasteiger charge is -2.28. The molecule has 0 N–H and O–H groups in total. The Bertz CT molecular complexity index is 1190. The number of hydrogen-bond acceptors (Lipinski definition) is 5. The van der Waals surface area contributed by atoms with Gasteiger partial charge in [0.1, 0.15) is 5.69 Å². The molecule has 1 fully saturated rings. The summed E-state index contributed by atoms with van der Waals surface area (Å²) in [5.74, 6) is 0.552. The van der Waals surface area contributed by atoms with Crippen LogP contribution in [0.4, 0.5) is 13.2 Å². The third-order valence-corrected chi connectivity index (χ3v) is 7.52. The summed E-state index contributed by atoms with van der Waals surface area (Å²) in [5, 5.41) is 0. The van der Waals surface area contributed by atoms with Crippen molar-refractivity contribution in [2.24, 2.45) is 16.8 Å². The largest absolute Gasteiger partial charge is 0.468 e. The summed E-state index contributed by atoms with van der Waals surface area (Å²) in [5.41, 5.74) is 2.03. The first kappa shape index (κ1) is 28.0. The van der Waals surface area contributed by atoms with Crippen molar-refractivity contribution in [1.29, 1.82) is 0 Å². The topological polar surface area (TPSA) is 76.8 Å². The van der Waals surface area contributed by atoms with Crippen LogP contribution in [0.15, 0.2) is 40.1 Å². The number of halogens is 3. The number of amides is 1. The number of carbonyl (C=O) groups is 1. The summed E-state index contributed by atoms with van der Waals surface area (Å²) in [6, 6.07) is 8.04. The highest BCUT2D eigenvalue weighted by molar-refractivity contribution is 5.97. The molecule has 2 aromatic rings. The maximum Gasteiger partial charge on any atom is 0.422 e. The Morgan fingerprint density at radius 3 is 2.63 bits per heavy atom. The zero-order chi connectivity index (χ0) is 27.1. The van der Waals surface area contributed by atoms with Crippen molar-refractivity contribution < 1.29 is 22.7 Å². The molecule has 0 radical (unpaired) electrons. The van der Waals surface area contributed by atoms with Crippen molar-refractivity contribution >= 4 is 12.1 Å². The molecule has 3 heterocycles. The molecule has 0 unspecified atom stereocenters. The zero-order valence-electron chi connectivity index (χ0n) is 21.8. The van der Waals surface area contributed by atoms with E-state index in [4.69, 9.17) is 4.74 Å². The highest BCUT2D eigenvalue weighted by Gasteiger charge is 2.29. The van der Waals surface area contributed by atoms with Gasteiger partial charge in [-0.3, -0.25) is 9.59 Å². The number of carbonyl (C=O) groups excluding carboxylic acids is 1. The molecule has 0 spiro atoms. The minimum Gasteiger partial charge on any atom is -0.468 e. The molecular formula is C28H35F3N4O3. The van der Waals surface area contributed by atoms with Crippen LogP contribution in [0.1, 0.15) is 60.8 Å². The standard InChI is InChI=1S/C28H35F3N4O3/c1-2-35-24(4-3-5-26(35)36)27(37)32-18-21-8-6-20(7-9-21)12-15-34-16-13-22-10-11-25(33-23(22)14-17-34)38-19-28(29,30)31/h3-5,10-11,18,20-21H,2,6-9,12-17,19H2,1H3. The van der Waals surface area contributed by atoms with Gasteiger partial charge in [0.05, 0.1) is 0 Å². The molecule has 1 aliphatic carbocycles. The Balaban J connectivity index is 1.20. The summed E-state index contributed by atoms with van der Waals surface area (Å²) < 4.78 is 43.6. The molecule has 38 heavy (non-hydrogen) atoms. The number of fused-ring (bicyclic) bond motifs is 1. The van der Waals surface area contributed by atoms with E-state index in [9.17, 15) is 22.8 Å².